The molecule has 4 heteroatoms. The second-order valence-corrected chi connectivity index (χ2v) is 6.10. The van der Waals surface area contributed by atoms with E-state index in [1.165, 1.54) is 12.8 Å². The van der Waals surface area contributed by atoms with Gasteiger partial charge in [0.25, 0.3) is 5.91 Å². The minimum atomic E-state index is -0.00477. The Morgan fingerprint density at radius 2 is 2.20 bits per heavy atom. The smallest absolute Gasteiger partial charge is 0.253 e. The van der Waals surface area contributed by atoms with Crippen LogP contribution in [0.1, 0.15) is 35.7 Å². The van der Waals surface area contributed by atoms with Crippen LogP contribution in [0.3, 0.4) is 0 Å². The van der Waals surface area contributed by atoms with E-state index in [-0.39, 0.29) is 5.91 Å². The number of anilines is 1. The fraction of sp³-hybridized carbons (Fsp3) is 0.562. The summed E-state index contributed by atoms with van der Waals surface area (Å²) in [6.45, 7) is 5.46. The molecule has 2 N–H and O–H groups in total. The number of carbonyl (C=O) groups is 1. The van der Waals surface area contributed by atoms with Gasteiger partial charge in [0.1, 0.15) is 0 Å². The van der Waals surface area contributed by atoms with Crippen molar-refractivity contribution in [1.82, 2.24) is 9.80 Å². The largest absolute Gasteiger partial charge is 0.398 e. The van der Waals surface area contributed by atoms with Crippen LogP contribution in [0.2, 0.25) is 0 Å². The summed E-state index contributed by atoms with van der Waals surface area (Å²) in [7, 11) is 3.50. The summed E-state index contributed by atoms with van der Waals surface area (Å²) in [5, 5.41) is 0. The number of piperidine rings is 1. The first-order valence-corrected chi connectivity index (χ1v) is 7.29. The number of rotatable bonds is 3. The fourth-order valence-electron chi connectivity index (χ4n) is 2.80. The quantitative estimate of drug-likeness (QED) is 0.860. The number of nitrogen functional groups attached to an aromatic ring is 1. The van der Waals surface area contributed by atoms with E-state index in [0.717, 1.165) is 36.8 Å². The summed E-state index contributed by atoms with van der Waals surface area (Å²) in [5.74, 6) is 0.759. The highest BCUT2D eigenvalue weighted by molar-refractivity contribution is 5.94. The lowest BCUT2D eigenvalue weighted by Gasteiger charge is -2.31. The summed E-state index contributed by atoms with van der Waals surface area (Å²) in [4.78, 5) is 15.9. The Bertz CT molecular complexity index is 485. The highest BCUT2D eigenvalue weighted by Gasteiger charge is 2.17. The molecule has 0 saturated carbocycles. The van der Waals surface area contributed by atoms with Crippen molar-refractivity contribution in [3.63, 3.8) is 0 Å². The predicted molar refractivity (Wildman–Crippen MR) is 82.5 cm³/mol. The number of nitrogens with zero attached hydrogens (tertiary/aromatic N) is 2. The number of carbonyl (C=O) groups excluding carboxylic acids is 1. The van der Waals surface area contributed by atoms with Crippen molar-refractivity contribution < 1.29 is 4.79 Å². The Balaban J connectivity index is 2.08. The molecular weight excluding hydrogens is 250 g/mol. The first-order chi connectivity index (χ1) is 9.47. The summed E-state index contributed by atoms with van der Waals surface area (Å²) in [6.07, 6.45) is 2.58. The number of hydrogen-bond acceptors (Lipinski definition) is 3. The van der Waals surface area contributed by atoms with Crippen molar-refractivity contribution in [3.8, 4) is 0 Å². The molecule has 1 heterocycles. The molecule has 0 bridgehead atoms. The van der Waals surface area contributed by atoms with Crippen molar-refractivity contribution in [2.75, 3.05) is 32.9 Å². The molecule has 0 radical (unpaired) electrons. The highest BCUT2D eigenvalue weighted by Crippen LogP contribution is 2.21. The standard InChI is InChI=1S/C16H25N3O/c1-12-5-4-8-19(10-12)11-14-7-6-13(9-15(14)17)16(20)18(2)3/h6-7,9,12H,4-5,8,10-11,17H2,1-3H3. The zero-order valence-corrected chi connectivity index (χ0v) is 12.7. The first-order valence-electron chi connectivity index (χ1n) is 7.29. The molecule has 1 amide bonds. The summed E-state index contributed by atoms with van der Waals surface area (Å²) >= 11 is 0. The summed E-state index contributed by atoms with van der Waals surface area (Å²) < 4.78 is 0. The van der Waals surface area contributed by atoms with Crippen LogP contribution >= 0.6 is 0 Å². The molecule has 1 fully saturated rings. The molecule has 1 aromatic carbocycles. The van der Waals surface area contributed by atoms with Gasteiger partial charge in [-0.3, -0.25) is 9.69 Å². The molecule has 4 nitrogen and oxygen atoms in total. The first kappa shape index (κ1) is 14.9. The second-order valence-electron chi connectivity index (χ2n) is 6.10. The van der Waals surface area contributed by atoms with Gasteiger partial charge in [0.2, 0.25) is 0 Å². The predicted octanol–water partition coefficient (Wildman–Crippen LogP) is 2.20. The second kappa shape index (κ2) is 6.27. The van der Waals surface area contributed by atoms with Gasteiger partial charge in [-0.2, -0.15) is 0 Å². The normalized spacial score (nSPS) is 19.9. The van der Waals surface area contributed by atoms with E-state index in [4.69, 9.17) is 5.73 Å². The van der Waals surface area contributed by atoms with E-state index < -0.39 is 0 Å². The third-order valence-electron chi connectivity index (χ3n) is 3.93. The van der Waals surface area contributed by atoms with Gasteiger partial charge in [-0.1, -0.05) is 13.0 Å². The SMILES string of the molecule is CC1CCCN(Cc2ccc(C(=O)N(C)C)cc2N)C1. The Morgan fingerprint density at radius 1 is 1.45 bits per heavy atom. The number of benzene rings is 1. The molecule has 1 unspecified atom stereocenters. The van der Waals surface area contributed by atoms with Crippen molar-refractivity contribution >= 4 is 11.6 Å². The lowest BCUT2D eigenvalue weighted by Crippen LogP contribution is -2.34. The summed E-state index contributed by atoms with van der Waals surface area (Å²) in [6, 6.07) is 5.66. The maximum absolute atomic E-state index is 11.9. The van der Waals surface area contributed by atoms with Crippen LogP contribution in [0.15, 0.2) is 18.2 Å². The van der Waals surface area contributed by atoms with Crippen LogP contribution in [0, 0.1) is 5.92 Å². The molecule has 2 rings (SSSR count). The lowest BCUT2D eigenvalue weighted by atomic mass is 9.99. The van der Waals surface area contributed by atoms with Gasteiger partial charge in [0.15, 0.2) is 0 Å². The topological polar surface area (TPSA) is 49.6 Å². The number of hydrogen-bond donors (Lipinski definition) is 1. The maximum atomic E-state index is 11.9. The van der Waals surface area contributed by atoms with Crippen LogP contribution in [0.4, 0.5) is 5.69 Å². The van der Waals surface area contributed by atoms with Gasteiger partial charge >= 0.3 is 0 Å². The molecule has 1 aliphatic rings. The zero-order valence-electron chi connectivity index (χ0n) is 12.7. The molecule has 1 aromatic rings. The summed E-state index contributed by atoms with van der Waals surface area (Å²) in [5.41, 5.74) is 8.61. The van der Waals surface area contributed by atoms with Gasteiger partial charge in [-0.05, 0) is 43.0 Å². The van der Waals surface area contributed by atoms with Crippen molar-refractivity contribution in [3.05, 3.63) is 29.3 Å². The average Bonchev–Trinajstić information content (AvgIpc) is 2.40. The van der Waals surface area contributed by atoms with Crippen LogP contribution < -0.4 is 5.73 Å². The number of amides is 1. The Morgan fingerprint density at radius 3 is 2.80 bits per heavy atom. The van der Waals surface area contributed by atoms with Crippen molar-refractivity contribution in [2.24, 2.45) is 5.92 Å². The highest BCUT2D eigenvalue weighted by atomic mass is 16.2. The van der Waals surface area contributed by atoms with Crippen LogP contribution in [-0.2, 0) is 6.54 Å². The van der Waals surface area contributed by atoms with Crippen LogP contribution in [0.25, 0.3) is 0 Å². The van der Waals surface area contributed by atoms with E-state index in [2.05, 4.69) is 11.8 Å². The average molecular weight is 275 g/mol. The van der Waals surface area contributed by atoms with Crippen LogP contribution in [0.5, 0.6) is 0 Å². The molecule has 0 aliphatic carbocycles. The molecule has 1 aliphatic heterocycles. The Hall–Kier alpha value is -1.55. The molecule has 0 spiro atoms. The molecule has 110 valence electrons. The van der Waals surface area contributed by atoms with Gasteiger partial charge in [-0.15, -0.1) is 0 Å². The van der Waals surface area contributed by atoms with Crippen molar-refractivity contribution in [2.45, 2.75) is 26.3 Å². The van der Waals surface area contributed by atoms with Gasteiger partial charge < -0.3 is 10.6 Å². The zero-order chi connectivity index (χ0) is 14.7. The van der Waals surface area contributed by atoms with E-state index in [9.17, 15) is 4.79 Å². The monoisotopic (exact) mass is 275 g/mol. The molecule has 1 saturated heterocycles. The maximum Gasteiger partial charge on any atom is 0.253 e. The van der Waals surface area contributed by atoms with E-state index in [1.807, 2.05) is 12.1 Å². The molecule has 1 atom stereocenters. The van der Waals surface area contributed by atoms with E-state index >= 15 is 0 Å². The minimum absolute atomic E-state index is 0.00477. The van der Waals surface area contributed by atoms with E-state index in [1.54, 1.807) is 25.1 Å². The Kier molecular flexibility index (Phi) is 4.65. The molecular formula is C16H25N3O. The minimum Gasteiger partial charge on any atom is -0.398 e. The van der Waals surface area contributed by atoms with Crippen molar-refractivity contribution in [1.29, 1.82) is 0 Å². The molecule has 20 heavy (non-hydrogen) atoms. The van der Waals surface area contributed by atoms with Crippen LogP contribution in [-0.4, -0.2) is 42.9 Å². The third kappa shape index (κ3) is 3.51. The van der Waals surface area contributed by atoms with Gasteiger partial charge in [0, 0.05) is 38.4 Å². The van der Waals surface area contributed by atoms with Gasteiger partial charge in [0.05, 0.1) is 0 Å². The van der Waals surface area contributed by atoms with Gasteiger partial charge in [-0.25, -0.2) is 0 Å². The third-order valence-corrected chi connectivity index (χ3v) is 3.93. The van der Waals surface area contributed by atoms with E-state index in [0.29, 0.717) is 5.56 Å². The number of nitrogens with two attached hydrogens (primary N) is 1. The fourth-order valence-corrected chi connectivity index (χ4v) is 2.80. The number of likely N-dealkylation sites (tertiary alicyclic amines) is 1. The lowest BCUT2D eigenvalue weighted by molar-refractivity contribution is 0.0827. The Labute approximate surface area is 121 Å². The molecule has 0 aromatic heterocycles.